The summed E-state index contributed by atoms with van der Waals surface area (Å²) < 4.78 is 1.83. The molecular formula is C12H19N7S. The number of aromatic nitrogens is 5. The fourth-order valence-corrected chi connectivity index (χ4v) is 2.72. The third kappa shape index (κ3) is 2.33. The first-order valence-electron chi connectivity index (χ1n) is 6.81. The van der Waals surface area contributed by atoms with Gasteiger partial charge in [0.2, 0.25) is 0 Å². The Morgan fingerprint density at radius 2 is 1.90 bits per heavy atom. The number of hydrogen-bond acceptors (Lipinski definition) is 7. The van der Waals surface area contributed by atoms with Crippen LogP contribution >= 0.6 is 11.8 Å². The molecular weight excluding hydrogens is 274 g/mol. The minimum atomic E-state index is 0.767. The molecule has 3 heterocycles. The van der Waals surface area contributed by atoms with E-state index >= 15 is 0 Å². The van der Waals surface area contributed by atoms with E-state index in [1.807, 2.05) is 17.9 Å². The smallest absolute Gasteiger partial charge is 0.191 e. The van der Waals surface area contributed by atoms with Crippen molar-refractivity contribution in [3.8, 4) is 0 Å². The summed E-state index contributed by atoms with van der Waals surface area (Å²) >= 11 is 1.56. The van der Waals surface area contributed by atoms with Crippen molar-refractivity contribution in [2.75, 3.05) is 44.4 Å². The molecule has 20 heavy (non-hydrogen) atoms. The molecule has 3 rings (SSSR count). The summed E-state index contributed by atoms with van der Waals surface area (Å²) in [6.07, 6.45) is 2.00. The lowest BCUT2D eigenvalue weighted by molar-refractivity contribution is 0.312. The zero-order chi connectivity index (χ0) is 14.1. The van der Waals surface area contributed by atoms with Crippen LogP contribution in [0.25, 0.3) is 11.2 Å². The monoisotopic (exact) mass is 293 g/mol. The number of fused-ring (bicyclic) bond motifs is 1. The highest BCUT2D eigenvalue weighted by molar-refractivity contribution is 7.98. The molecule has 1 aliphatic rings. The van der Waals surface area contributed by atoms with Crippen molar-refractivity contribution in [1.82, 2.24) is 29.9 Å². The molecule has 1 saturated heterocycles. The second kappa shape index (κ2) is 5.53. The minimum absolute atomic E-state index is 0.767. The molecule has 7 nitrogen and oxygen atoms in total. The van der Waals surface area contributed by atoms with Crippen LogP contribution < -0.4 is 4.90 Å². The van der Waals surface area contributed by atoms with Crippen LogP contribution in [0.4, 0.5) is 5.82 Å². The highest BCUT2D eigenvalue weighted by Gasteiger charge is 2.21. The van der Waals surface area contributed by atoms with Crippen LogP contribution in [0.1, 0.15) is 6.92 Å². The Labute approximate surface area is 122 Å². The first-order chi connectivity index (χ1) is 9.72. The molecule has 0 aromatic carbocycles. The third-order valence-electron chi connectivity index (χ3n) is 3.61. The summed E-state index contributed by atoms with van der Waals surface area (Å²) in [6, 6.07) is 0. The number of rotatable bonds is 3. The second-order valence-electron chi connectivity index (χ2n) is 4.90. The zero-order valence-electron chi connectivity index (χ0n) is 12.1. The number of thioether (sulfide) groups is 1. The summed E-state index contributed by atoms with van der Waals surface area (Å²) in [5.41, 5.74) is 1.65. The molecule has 8 heteroatoms. The average molecular weight is 293 g/mol. The van der Waals surface area contributed by atoms with Crippen LogP contribution in [0.2, 0.25) is 0 Å². The van der Waals surface area contributed by atoms with E-state index in [2.05, 4.69) is 37.1 Å². The summed E-state index contributed by atoms with van der Waals surface area (Å²) in [7, 11) is 2.15. The first kappa shape index (κ1) is 13.6. The number of likely N-dealkylation sites (N-methyl/N-ethyl adjacent to an activating group) is 1. The summed E-state index contributed by atoms with van der Waals surface area (Å²) in [5.74, 6) is 0.923. The van der Waals surface area contributed by atoms with E-state index in [0.717, 1.165) is 54.9 Å². The third-order valence-corrected chi connectivity index (χ3v) is 4.16. The van der Waals surface area contributed by atoms with Crippen LogP contribution in [0.15, 0.2) is 5.16 Å². The summed E-state index contributed by atoms with van der Waals surface area (Å²) in [5, 5.41) is 9.24. The molecule has 0 spiro atoms. The van der Waals surface area contributed by atoms with E-state index in [0.29, 0.717) is 0 Å². The lowest BCUT2D eigenvalue weighted by atomic mass is 10.3. The van der Waals surface area contributed by atoms with Gasteiger partial charge in [-0.05, 0) is 20.2 Å². The minimum Gasteiger partial charge on any atom is -0.352 e. The first-order valence-corrected chi connectivity index (χ1v) is 8.04. The van der Waals surface area contributed by atoms with E-state index in [1.54, 1.807) is 11.8 Å². The largest absolute Gasteiger partial charge is 0.352 e. The molecule has 0 saturated carbocycles. The molecule has 0 N–H and O–H groups in total. The molecule has 0 atom stereocenters. The standard InChI is InChI=1S/C12H19N7S/c1-4-19-11-9(15-16-19)10(13-12(14-11)20-3)18-7-5-17(2)6-8-18/h4-8H2,1-3H3. The van der Waals surface area contributed by atoms with Crippen molar-refractivity contribution in [1.29, 1.82) is 0 Å². The van der Waals surface area contributed by atoms with E-state index in [-0.39, 0.29) is 0 Å². The van der Waals surface area contributed by atoms with Gasteiger partial charge in [-0.2, -0.15) is 0 Å². The highest BCUT2D eigenvalue weighted by Crippen LogP contribution is 2.25. The molecule has 0 radical (unpaired) electrons. The molecule has 0 aliphatic carbocycles. The van der Waals surface area contributed by atoms with Gasteiger partial charge in [0.1, 0.15) is 0 Å². The molecule has 1 fully saturated rings. The fraction of sp³-hybridized carbons (Fsp3) is 0.667. The topological polar surface area (TPSA) is 63.0 Å². The van der Waals surface area contributed by atoms with Gasteiger partial charge in [0.15, 0.2) is 22.1 Å². The summed E-state index contributed by atoms with van der Waals surface area (Å²) in [4.78, 5) is 13.8. The van der Waals surface area contributed by atoms with Gasteiger partial charge < -0.3 is 9.80 Å². The van der Waals surface area contributed by atoms with Crippen molar-refractivity contribution in [3.63, 3.8) is 0 Å². The fourth-order valence-electron chi connectivity index (χ4n) is 2.37. The number of anilines is 1. The van der Waals surface area contributed by atoms with E-state index in [9.17, 15) is 0 Å². The van der Waals surface area contributed by atoms with Gasteiger partial charge in [-0.15, -0.1) is 5.10 Å². The molecule has 2 aromatic rings. The molecule has 108 valence electrons. The maximum Gasteiger partial charge on any atom is 0.191 e. The number of hydrogen-bond donors (Lipinski definition) is 0. The Balaban J connectivity index is 2.06. The number of aryl methyl sites for hydroxylation is 1. The Bertz CT molecular complexity index is 603. The van der Waals surface area contributed by atoms with Gasteiger partial charge in [-0.1, -0.05) is 17.0 Å². The lowest BCUT2D eigenvalue weighted by Gasteiger charge is -2.33. The van der Waals surface area contributed by atoms with E-state index in [4.69, 9.17) is 0 Å². The average Bonchev–Trinajstić information content (AvgIpc) is 2.90. The molecule has 1 aliphatic heterocycles. The van der Waals surface area contributed by atoms with Gasteiger partial charge in [-0.25, -0.2) is 14.6 Å². The van der Waals surface area contributed by atoms with E-state index in [1.165, 1.54) is 0 Å². The predicted molar refractivity (Wildman–Crippen MR) is 80.3 cm³/mol. The predicted octanol–water partition coefficient (Wildman–Crippen LogP) is 0.715. The van der Waals surface area contributed by atoms with E-state index < -0.39 is 0 Å². The molecule has 0 amide bonds. The van der Waals surface area contributed by atoms with Crippen LogP contribution in [-0.4, -0.2) is 69.3 Å². The van der Waals surface area contributed by atoms with Crippen molar-refractivity contribution in [2.45, 2.75) is 18.6 Å². The summed E-state index contributed by atoms with van der Waals surface area (Å²) in [6.45, 7) is 6.84. The second-order valence-corrected chi connectivity index (χ2v) is 5.68. The highest BCUT2D eigenvalue weighted by atomic mass is 32.2. The Kier molecular flexibility index (Phi) is 3.75. The SMILES string of the molecule is CCn1nnc2c(N3CCN(C)CC3)nc(SC)nc21. The van der Waals surface area contributed by atoms with Crippen molar-refractivity contribution < 1.29 is 0 Å². The number of piperazine rings is 1. The molecule has 0 bridgehead atoms. The Morgan fingerprint density at radius 1 is 1.15 bits per heavy atom. The van der Waals surface area contributed by atoms with Gasteiger partial charge in [-0.3, -0.25) is 0 Å². The van der Waals surface area contributed by atoms with Gasteiger partial charge in [0, 0.05) is 32.7 Å². The van der Waals surface area contributed by atoms with Gasteiger partial charge in [0.05, 0.1) is 0 Å². The normalized spacial score (nSPS) is 17.1. The van der Waals surface area contributed by atoms with Crippen LogP contribution in [0, 0.1) is 0 Å². The maximum atomic E-state index is 4.66. The van der Waals surface area contributed by atoms with Crippen LogP contribution in [0.3, 0.4) is 0 Å². The zero-order valence-corrected chi connectivity index (χ0v) is 12.9. The Hall–Kier alpha value is -1.41. The van der Waals surface area contributed by atoms with Gasteiger partial charge >= 0.3 is 0 Å². The lowest BCUT2D eigenvalue weighted by Crippen LogP contribution is -2.45. The molecule has 0 unspecified atom stereocenters. The Morgan fingerprint density at radius 3 is 2.55 bits per heavy atom. The van der Waals surface area contributed by atoms with Crippen molar-refractivity contribution in [3.05, 3.63) is 0 Å². The van der Waals surface area contributed by atoms with Crippen LogP contribution in [-0.2, 0) is 6.54 Å². The van der Waals surface area contributed by atoms with Gasteiger partial charge in [0.25, 0.3) is 0 Å². The maximum absolute atomic E-state index is 4.66. The van der Waals surface area contributed by atoms with Crippen molar-refractivity contribution in [2.24, 2.45) is 0 Å². The quantitative estimate of drug-likeness (QED) is 0.610. The van der Waals surface area contributed by atoms with Crippen LogP contribution in [0.5, 0.6) is 0 Å². The van der Waals surface area contributed by atoms with Crippen molar-refractivity contribution >= 4 is 28.7 Å². The molecule has 2 aromatic heterocycles. The number of nitrogens with zero attached hydrogens (tertiary/aromatic N) is 7.